The van der Waals surface area contributed by atoms with Crippen LogP contribution in [0.1, 0.15) is 47.2 Å². The number of hydrogen-bond acceptors (Lipinski definition) is 3. The molecule has 1 heterocycles. The van der Waals surface area contributed by atoms with E-state index in [-0.39, 0.29) is 6.04 Å². The molecule has 1 aromatic carbocycles. The highest BCUT2D eigenvalue weighted by molar-refractivity contribution is 7.08. The molecule has 2 aromatic rings. The van der Waals surface area contributed by atoms with Crippen molar-refractivity contribution < 1.29 is 4.74 Å². The van der Waals surface area contributed by atoms with Crippen LogP contribution in [0, 0.1) is 20.8 Å². The van der Waals surface area contributed by atoms with Gasteiger partial charge in [0.05, 0.1) is 13.2 Å². The number of benzene rings is 1. The van der Waals surface area contributed by atoms with Crippen molar-refractivity contribution in [2.45, 2.75) is 40.2 Å². The van der Waals surface area contributed by atoms with Crippen LogP contribution in [0.4, 0.5) is 0 Å². The van der Waals surface area contributed by atoms with Crippen molar-refractivity contribution in [1.29, 1.82) is 0 Å². The van der Waals surface area contributed by atoms with E-state index in [1.54, 1.807) is 18.4 Å². The third-order valence-electron chi connectivity index (χ3n) is 3.81. The molecule has 0 radical (unpaired) electrons. The fourth-order valence-corrected chi connectivity index (χ4v) is 3.68. The topological polar surface area (TPSA) is 21.3 Å². The highest BCUT2D eigenvalue weighted by Gasteiger charge is 2.22. The molecule has 3 heteroatoms. The Kier molecular flexibility index (Phi) is 5.43. The highest BCUT2D eigenvalue weighted by Crippen LogP contribution is 2.36. The second-order valence-corrected chi connectivity index (χ2v) is 6.34. The maximum atomic E-state index is 5.67. The number of aryl methyl sites for hydroxylation is 3. The number of nitrogens with one attached hydrogen (secondary N) is 1. The summed E-state index contributed by atoms with van der Waals surface area (Å²) < 4.78 is 5.67. The molecule has 21 heavy (non-hydrogen) atoms. The average molecular weight is 303 g/mol. The molecule has 0 fully saturated rings. The fourth-order valence-electron chi connectivity index (χ4n) is 2.80. The van der Waals surface area contributed by atoms with Gasteiger partial charge in [0.2, 0.25) is 0 Å². The first-order valence-corrected chi connectivity index (χ1v) is 8.44. The first-order valence-electron chi connectivity index (χ1n) is 7.49. The van der Waals surface area contributed by atoms with Gasteiger partial charge in [0.15, 0.2) is 0 Å². The van der Waals surface area contributed by atoms with E-state index in [0.29, 0.717) is 0 Å². The van der Waals surface area contributed by atoms with E-state index in [1.165, 1.54) is 27.8 Å². The zero-order chi connectivity index (χ0) is 15.4. The molecule has 0 aliphatic carbocycles. The van der Waals surface area contributed by atoms with E-state index in [1.807, 2.05) is 0 Å². The summed E-state index contributed by atoms with van der Waals surface area (Å²) in [6.45, 7) is 9.67. The van der Waals surface area contributed by atoms with Crippen molar-refractivity contribution >= 4 is 11.3 Å². The maximum absolute atomic E-state index is 5.67. The Balaban J connectivity index is 2.54. The Morgan fingerprint density at radius 3 is 2.48 bits per heavy atom. The highest BCUT2D eigenvalue weighted by atomic mass is 32.1. The standard InChI is InChI=1S/C18H25NOS/c1-6-7-19-18(15-11-21-10-14(15)4)17-13(3)8-12(2)9-16(17)20-5/h8-11,18-19H,6-7H2,1-5H3. The van der Waals surface area contributed by atoms with Crippen LogP contribution in [0.15, 0.2) is 22.9 Å². The summed E-state index contributed by atoms with van der Waals surface area (Å²) in [5.74, 6) is 0.978. The maximum Gasteiger partial charge on any atom is 0.124 e. The summed E-state index contributed by atoms with van der Waals surface area (Å²) in [6.07, 6.45) is 1.12. The van der Waals surface area contributed by atoms with Crippen LogP contribution >= 0.6 is 11.3 Å². The van der Waals surface area contributed by atoms with Gasteiger partial charge in [0.25, 0.3) is 0 Å². The van der Waals surface area contributed by atoms with E-state index >= 15 is 0 Å². The zero-order valence-electron chi connectivity index (χ0n) is 13.6. The molecule has 1 unspecified atom stereocenters. The van der Waals surface area contributed by atoms with Crippen molar-refractivity contribution in [3.05, 3.63) is 50.7 Å². The number of ether oxygens (including phenoxy) is 1. The van der Waals surface area contributed by atoms with Gasteiger partial charge < -0.3 is 10.1 Å². The average Bonchev–Trinajstić information content (AvgIpc) is 2.86. The van der Waals surface area contributed by atoms with Crippen LogP contribution in [-0.4, -0.2) is 13.7 Å². The fraction of sp³-hybridized carbons (Fsp3) is 0.444. The Morgan fingerprint density at radius 2 is 1.90 bits per heavy atom. The lowest BCUT2D eigenvalue weighted by atomic mass is 9.92. The minimum Gasteiger partial charge on any atom is -0.496 e. The molecule has 0 saturated carbocycles. The zero-order valence-corrected chi connectivity index (χ0v) is 14.4. The Hall–Kier alpha value is -1.32. The molecule has 0 saturated heterocycles. The van der Waals surface area contributed by atoms with Crippen LogP contribution in [0.25, 0.3) is 0 Å². The van der Waals surface area contributed by atoms with Gasteiger partial charge >= 0.3 is 0 Å². The van der Waals surface area contributed by atoms with Gasteiger partial charge in [-0.3, -0.25) is 0 Å². The predicted octanol–water partition coefficient (Wildman–Crippen LogP) is 4.77. The lowest BCUT2D eigenvalue weighted by Crippen LogP contribution is -2.24. The molecule has 0 amide bonds. The Bertz CT molecular complexity index is 603. The van der Waals surface area contributed by atoms with Gasteiger partial charge in [-0.2, -0.15) is 11.3 Å². The molecule has 0 aliphatic heterocycles. The quantitative estimate of drug-likeness (QED) is 0.830. The van der Waals surface area contributed by atoms with Gasteiger partial charge in [-0.15, -0.1) is 0 Å². The van der Waals surface area contributed by atoms with Crippen LogP contribution in [0.2, 0.25) is 0 Å². The number of hydrogen-bond donors (Lipinski definition) is 1. The minimum atomic E-state index is 0.201. The Labute approximate surface area is 132 Å². The van der Waals surface area contributed by atoms with Gasteiger partial charge in [0.1, 0.15) is 5.75 Å². The van der Waals surface area contributed by atoms with Crippen molar-refractivity contribution in [2.75, 3.05) is 13.7 Å². The van der Waals surface area contributed by atoms with Gasteiger partial charge in [-0.05, 0) is 72.8 Å². The minimum absolute atomic E-state index is 0.201. The van der Waals surface area contributed by atoms with Crippen LogP contribution in [0.3, 0.4) is 0 Å². The number of thiophene rings is 1. The second-order valence-electron chi connectivity index (χ2n) is 5.60. The first kappa shape index (κ1) is 16.1. The summed E-state index contributed by atoms with van der Waals surface area (Å²) in [7, 11) is 1.76. The summed E-state index contributed by atoms with van der Waals surface area (Å²) in [6, 6.07) is 4.57. The van der Waals surface area contributed by atoms with Crippen molar-refractivity contribution in [3.8, 4) is 5.75 Å². The summed E-state index contributed by atoms with van der Waals surface area (Å²) >= 11 is 1.76. The largest absolute Gasteiger partial charge is 0.496 e. The molecular formula is C18H25NOS. The third-order valence-corrected chi connectivity index (χ3v) is 4.69. The summed E-state index contributed by atoms with van der Waals surface area (Å²) in [5.41, 5.74) is 6.49. The molecule has 1 atom stereocenters. The number of methoxy groups -OCH3 is 1. The van der Waals surface area contributed by atoms with Gasteiger partial charge in [-0.25, -0.2) is 0 Å². The molecule has 1 N–H and O–H groups in total. The molecule has 0 spiro atoms. The lowest BCUT2D eigenvalue weighted by molar-refractivity contribution is 0.403. The van der Waals surface area contributed by atoms with Gasteiger partial charge in [0, 0.05) is 5.56 Å². The predicted molar refractivity (Wildman–Crippen MR) is 91.7 cm³/mol. The van der Waals surface area contributed by atoms with E-state index < -0.39 is 0 Å². The van der Waals surface area contributed by atoms with Crippen molar-refractivity contribution in [2.24, 2.45) is 0 Å². The molecule has 2 rings (SSSR count). The van der Waals surface area contributed by atoms with Crippen molar-refractivity contribution in [1.82, 2.24) is 5.32 Å². The SMILES string of the molecule is CCCNC(c1cscc1C)c1c(C)cc(C)cc1OC. The normalized spacial score (nSPS) is 12.4. The van der Waals surface area contributed by atoms with E-state index in [4.69, 9.17) is 4.74 Å². The molecule has 0 bridgehead atoms. The molecule has 114 valence electrons. The lowest BCUT2D eigenvalue weighted by Gasteiger charge is -2.24. The smallest absolute Gasteiger partial charge is 0.124 e. The summed E-state index contributed by atoms with van der Waals surface area (Å²) in [4.78, 5) is 0. The van der Waals surface area contributed by atoms with Crippen LogP contribution in [-0.2, 0) is 0 Å². The summed E-state index contributed by atoms with van der Waals surface area (Å²) in [5, 5.41) is 8.16. The van der Waals surface area contributed by atoms with Crippen molar-refractivity contribution in [3.63, 3.8) is 0 Å². The van der Waals surface area contributed by atoms with E-state index in [2.05, 4.69) is 55.9 Å². The molecular weight excluding hydrogens is 278 g/mol. The monoisotopic (exact) mass is 303 g/mol. The molecule has 2 nitrogen and oxygen atoms in total. The van der Waals surface area contributed by atoms with Gasteiger partial charge in [-0.1, -0.05) is 13.0 Å². The van der Waals surface area contributed by atoms with E-state index in [0.717, 1.165) is 18.7 Å². The molecule has 0 aliphatic rings. The Morgan fingerprint density at radius 1 is 1.14 bits per heavy atom. The van der Waals surface area contributed by atoms with Crippen LogP contribution < -0.4 is 10.1 Å². The second kappa shape index (κ2) is 7.10. The third kappa shape index (κ3) is 3.47. The number of rotatable bonds is 6. The van der Waals surface area contributed by atoms with Crippen LogP contribution in [0.5, 0.6) is 5.75 Å². The first-order chi connectivity index (χ1) is 10.1. The molecule has 1 aromatic heterocycles. The van der Waals surface area contributed by atoms with E-state index in [9.17, 15) is 0 Å².